The maximum Gasteiger partial charge on any atom is 0.223 e. The highest BCUT2D eigenvalue weighted by Crippen LogP contribution is 2.23. The number of hydrogen-bond acceptors (Lipinski definition) is 2. The van der Waals surface area contributed by atoms with Crippen LogP contribution in [-0.4, -0.2) is 41.4 Å². The van der Waals surface area contributed by atoms with Crippen molar-refractivity contribution < 1.29 is 4.79 Å². The Labute approximate surface area is 183 Å². The third-order valence-corrected chi connectivity index (χ3v) is 5.72. The second kappa shape index (κ2) is 10.2. The molecule has 162 valence electrons. The molecule has 0 spiro atoms. The molecule has 0 atom stereocenters. The SMILES string of the molecule is CCNC(=NCCCC(=O)N1Cc2ccccc2C1)NCCc1c[nH]c2ccccc12. The Bertz CT molecular complexity index is 1030. The van der Waals surface area contributed by atoms with Gasteiger partial charge in [0.1, 0.15) is 0 Å². The number of aromatic amines is 1. The Morgan fingerprint density at radius 1 is 1.06 bits per heavy atom. The van der Waals surface area contributed by atoms with Gasteiger partial charge in [0.25, 0.3) is 0 Å². The summed E-state index contributed by atoms with van der Waals surface area (Å²) >= 11 is 0. The van der Waals surface area contributed by atoms with E-state index in [1.165, 1.54) is 27.6 Å². The topological polar surface area (TPSA) is 72.5 Å². The zero-order chi connectivity index (χ0) is 21.5. The number of aliphatic imine (C=N–C) groups is 1. The summed E-state index contributed by atoms with van der Waals surface area (Å²) < 4.78 is 0. The number of guanidine groups is 1. The van der Waals surface area contributed by atoms with Gasteiger partial charge in [-0.05, 0) is 42.5 Å². The maximum absolute atomic E-state index is 12.5. The van der Waals surface area contributed by atoms with E-state index in [9.17, 15) is 4.79 Å². The monoisotopic (exact) mass is 417 g/mol. The van der Waals surface area contributed by atoms with Crippen LogP contribution >= 0.6 is 0 Å². The van der Waals surface area contributed by atoms with Crippen LogP contribution in [0, 0.1) is 0 Å². The molecule has 0 aliphatic carbocycles. The lowest BCUT2D eigenvalue weighted by molar-refractivity contribution is -0.131. The smallest absolute Gasteiger partial charge is 0.223 e. The fraction of sp³-hybridized carbons (Fsp3) is 0.360. The van der Waals surface area contributed by atoms with Crippen LogP contribution < -0.4 is 10.6 Å². The van der Waals surface area contributed by atoms with E-state index in [1.807, 2.05) is 23.1 Å². The Morgan fingerprint density at radius 2 is 1.81 bits per heavy atom. The van der Waals surface area contributed by atoms with Crippen LogP contribution in [0.2, 0.25) is 0 Å². The number of fused-ring (bicyclic) bond motifs is 2. The predicted octanol–water partition coefficient (Wildman–Crippen LogP) is 3.59. The summed E-state index contributed by atoms with van der Waals surface area (Å²) in [6.45, 7) is 5.77. The molecule has 1 aliphatic heterocycles. The van der Waals surface area contributed by atoms with Gasteiger partial charge in [0, 0.05) is 56.2 Å². The van der Waals surface area contributed by atoms with Gasteiger partial charge in [-0.3, -0.25) is 9.79 Å². The second-order valence-corrected chi connectivity index (χ2v) is 7.92. The summed E-state index contributed by atoms with van der Waals surface area (Å²) in [5, 5.41) is 7.97. The average molecular weight is 418 g/mol. The first-order chi connectivity index (χ1) is 15.2. The lowest BCUT2D eigenvalue weighted by atomic mass is 10.1. The number of carbonyl (C=O) groups excluding carboxylic acids is 1. The molecular weight excluding hydrogens is 386 g/mol. The van der Waals surface area contributed by atoms with Crippen LogP contribution in [0.3, 0.4) is 0 Å². The average Bonchev–Trinajstić information content (AvgIpc) is 3.41. The molecule has 1 aromatic heterocycles. The van der Waals surface area contributed by atoms with E-state index in [0.29, 0.717) is 13.0 Å². The summed E-state index contributed by atoms with van der Waals surface area (Å²) in [6.07, 6.45) is 4.29. The normalized spacial score (nSPS) is 13.5. The van der Waals surface area contributed by atoms with E-state index < -0.39 is 0 Å². The van der Waals surface area contributed by atoms with Crippen molar-refractivity contribution in [2.45, 2.75) is 39.3 Å². The lowest BCUT2D eigenvalue weighted by Gasteiger charge is -2.15. The maximum atomic E-state index is 12.5. The molecule has 2 aromatic carbocycles. The summed E-state index contributed by atoms with van der Waals surface area (Å²) in [5.41, 5.74) is 5.01. The van der Waals surface area contributed by atoms with E-state index >= 15 is 0 Å². The second-order valence-electron chi connectivity index (χ2n) is 7.92. The Kier molecular flexibility index (Phi) is 6.87. The highest BCUT2D eigenvalue weighted by molar-refractivity contribution is 5.83. The summed E-state index contributed by atoms with van der Waals surface area (Å²) in [7, 11) is 0. The number of benzene rings is 2. The summed E-state index contributed by atoms with van der Waals surface area (Å²) in [5.74, 6) is 1.02. The van der Waals surface area contributed by atoms with E-state index in [2.05, 4.69) is 64.1 Å². The molecule has 0 unspecified atom stereocenters. The van der Waals surface area contributed by atoms with Crippen LogP contribution in [0.5, 0.6) is 0 Å². The molecule has 0 saturated carbocycles. The molecule has 3 aromatic rings. The first kappa shape index (κ1) is 21.0. The van der Waals surface area contributed by atoms with Gasteiger partial charge in [0.2, 0.25) is 5.91 Å². The van der Waals surface area contributed by atoms with Crippen molar-refractivity contribution in [1.82, 2.24) is 20.5 Å². The Morgan fingerprint density at radius 3 is 2.58 bits per heavy atom. The molecule has 6 heteroatoms. The van der Waals surface area contributed by atoms with Crippen molar-refractivity contribution >= 4 is 22.8 Å². The van der Waals surface area contributed by atoms with Crippen LogP contribution in [0.1, 0.15) is 36.5 Å². The molecule has 0 radical (unpaired) electrons. The molecule has 1 amide bonds. The first-order valence-corrected chi connectivity index (χ1v) is 11.2. The molecule has 0 fully saturated rings. The molecule has 3 N–H and O–H groups in total. The molecular formula is C25H31N5O. The van der Waals surface area contributed by atoms with Crippen LogP contribution in [-0.2, 0) is 24.3 Å². The molecule has 4 rings (SSSR count). The van der Waals surface area contributed by atoms with Crippen molar-refractivity contribution in [3.05, 3.63) is 71.4 Å². The minimum absolute atomic E-state index is 0.212. The van der Waals surface area contributed by atoms with Crippen molar-refractivity contribution in [3.63, 3.8) is 0 Å². The number of amides is 1. The summed E-state index contributed by atoms with van der Waals surface area (Å²) in [6, 6.07) is 16.7. The summed E-state index contributed by atoms with van der Waals surface area (Å²) in [4.78, 5) is 22.5. The number of nitrogens with one attached hydrogen (secondary N) is 3. The van der Waals surface area contributed by atoms with Gasteiger partial charge in [-0.25, -0.2) is 0 Å². The van der Waals surface area contributed by atoms with Crippen LogP contribution in [0.15, 0.2) is 59.7 Å². The largest absolute Gasteiger partial charge is 0.361 e. The number of hydrogen-bond donors (Lipinski definition) is 3. The standard InChI is InChI=1S/C25H31N5O/c1-2-26-25(28-15-13-19-16-29-23-11-6-5-10-22(19)23)27-14-7-12-24(31)30-17-20-8-3-4-9-21(20)18-30/h3-6,8-11,16,29H,2,7,12-15,17-18H2,1H3,(H2,26,27,28). The minimum Gasteiger partial charge on any atom is -0.361 e. The van der Waals surface area contributed by atoms with E-state index in [-0.39, 0.29) is 5.91 Å². The number of nitrogens with zero attached hydrogens (tertiary/aromatic N) is 2. The van der Waals surface area contributed by atoms with Crippen LogP contribution in [0.25, 0.3) is 10.9 Å². The zero-order valence-electron chi connectivity index (χ0n) is 18.2. The van der Waals surface area contributed by atoms with E-state index in [4.69, 9.17) is 0 Å². The van der Waals surface area contributed by atoms with Gasteiger partial charge < -0.3 is 20.5 Å². The van der Waals surface area contributed by atoms with Gasteiger partial charge in [0.15, 0.2) is 5.96 Å². The highest BCUT2D eigenvalue weighted by Gasteiger charge is 2.22. The van der Waals surface area contributed by atoms with Gasteiger partial charge in [-0.15, -0.1) is 0 Å². The third-order valence-electron chi connectivity index (χ3n) is 5.72. The fourth-order valence-corrected chi connectivity index (χ4v) is 4.08. The molecule has 2 heterocycles. The quantitative estimate of drug-likeness (QED) is 0.298. The fourth-order valence-electron chi connectivity index (χ4n) is 4.08. The first-order valence-electron chi connectivity index (χ1n) is 11.2. The van der Waals surface area contributed by atoms with Gasteiger partial charge in [-0.1, -0.05) is 42.5 Å². The van der Waals surface area contributed by atoms with Crippen molar-refractivity contribution in [3.8, 4) is 0 Å². The van der Waals surface area contributed by atoms with Crippen molar-refractivity contribution in [2.24, 2.45) is 4.99 Å². The molecule has 6 nitrogen and oxygen atoms in total. The van der Waals surface area contributed by atoms with Crippen LogP contribution in [0.4, 0.5) is 0 Å². The van der Waals surface area contributed by atoms with E-state index in [0.717, 1.165) is 45.0 Å². The molecule has 1 aliphatic rings. The van der Waals surface area contributed by atoms with Crippen molar-refractivity contribution in [1.29, 1.82) is 0 Å². The number of para-hydroxylation sites is 1. The minimum atomic E-state index is 0.212. The zero-order valence-corrected chi connectivity index (χ0v) is 18.2. The Hall–Kier alpha value is -3.28. The van der Waals surface area contributed by atoms with E-state index in [1.54, 1.807) is 0 Å². The molecule has 31 heavy (non-hydrogen) atoms. The highest BCUT2D eigenvalue weighted by atomic mass is 16.2. The van der Waals surface area contributed by atoms with Crippen molar-refractivity contribution in [2.75, 3.05) is 19.6 Å². The number of aromatic nitrogens is 1. The Balaban J connectivity index is 1.21. The van der Waals surface area contributed by atoms with Gasteiger partial charge >= 0.3 is 0 Å². The molecule has 0 saturated heterocycles. The third kappa shape index (κ3) is 5.26. The number of rotatable bonds is 8. The van der Waals surface area contributed by atoms with Gasteiger partial charge in [-0.2, -0.15) is 0 Å². The van der Waals surface area contributed by atoms with Gasteiger partial charge in [0.05, 0.1) is 0 Å². The number of H-pyrrole nitrogens is 1. The molecule has 0 bridgehead atoms. The lowest BCUT2D eigenvalue weighted by Crippen LogP contribution is -2.38. The predicted molar refractivity (Wildman–Crippen MR) is 126 cm³/mol. The number of carbonyl (C=O) groups is 1.